The van der Waals surface area contributed by atoms with Crippen molar-refractivity contribution >= 4 is 29.0 Å². The molecule has 0 bridgehead atoms. The summed E-state index contributed by atoms with van der Waals surface area (Å²) >= 11 is 5.58. The van der Waals surface area contributed by atoms with E-state index in [0.717, 1.165) is 37.3 Å². The summed E-state index contributed by atoms with van der Waals surface area (Å²) in [4.78, 5) is 21.8. The Morgan fingerprint density at radius 2 is 1.91 bits per heavy atom. The predicted octanol–water partition coefficient (Wildman–Crippen LogP) is 5.32. The molecule has 0 radical (unpaired) electrons. The zero-order valence-corrected chi connectivity index (χ0v) is 19.7. The zero-order chi connectivity index (χ0) is 24.1. The van der Waals surface area contributed by atoms with E-state index >= 15 is 0 Å². The largest absolute Gasteiger partial charge is 0.356 e. The second-order valence-electron chi connectivity index (χ2n) is 9.32. The van der Waals surface area contributed by atoms with Gasteiger partial charge >= 0.3 is 0 Å². The number of carbonyl (C=O) groups excluding carboxylic acids is 1. The summed E-state index contributed by atoms with van der Waals surface area (Å²) in [5.41, 5.74) is 1.71. The van der Waals surface area contributed by atoms with Gasteiger partial charge in [0.25, 0.3) is 5.91 Å². The van der Waals surface area contributed by atoms with Crippen LogP contribution in [0.3, 0.4) is 0 Å². The quantitative estimate of drug-likeness (QED) is 0.367. The van der Waals surface area contributed by atoms with E-state index in [1.807, 2.05) is 19.2 Å². The first-order valence-corrected chi connectivity index (χ1v) is 11.9. The lowest BCUT2D eigenvalue weighted by Crippen LogP contribution is -2.39. The molecule has 1 amide bonds. The van der Waals surface area contributed by atoms with Crippen LogP contribution in [-0.4, -0.2) is 45.0 Å². The highest BCUT2D eigenvalue weighted by Crippen LogP contribution is 2.34. The molecule has 2 atom stereocenters. The number of nitrogens with zero attached hydrogens (tertiary/aromatic N) is 5. The van der Waals surface area contributed by atoms with Gasteiger partial charge < -0.3 is 9.80 Å². The molecule has 4 heterocycles. The van der Waals surface area contributed by atoms with Gasteiger partial charge in [-0.25, -0.2) is 22.7 Å². The van der Waals surface area contributed by atoms with E-state index < -0.39 is 40.0 Å². The summed E-state index contributed by atoms with van der Waals surface area (Å²) in [5.74, 6) is -3.32. The predicted molar refractivity (Wildman–Crippen MR) is 123 cm³/mol. The Labute approximate surface area is 200 Å². The average Bonchev–Trinajstić information content (AvgIpc) is 3.44. The third kappa shape index (κ3) is 3.89. The first kappa shape index (κ1) is 23.0. The first-order chi connectivity index (χ1) is 16.2. The van der Waals surface area contributed by atoms with E-state index in [1.165, 1.54) is 4.90 Å². The minimum absolute atomic E-state index is 0.344. The van der Waals surface area contributed by atoms with Gasteiger partial charge in [-0.05, 0) is 44.6 Å². The summed E-state index contributed by atoms with van der Waals surface area (Å²) < 4.78 is 43.8. The van der Waals surface area contributed by atoms with Crippen molar-refractivity contribution in [3.05, 3.63) is 57.6 Å². The Morgan fingerprint density at radius 1 is 1.12 bits per heavy atom. The zero-order valence-electron chi connectivity index (χ0n) is 19.0. The van der Waals surface area contributed by atoms with Crippen LogP contribution in [0.25, 0.3) is 5.65 Å². The van der Waals surface area contributed by atoms with Crippen molar-refractivity contribution in [2.45, 2.75) is 45.6 Å². The number of carbonyl (C=O) groups is 1. The van der Waals surface area contributed by atoms with Crippen LogP contribution in [0.15, 0.2) is 18.3 Å². The minimum Gasteiger partial charge on any atom is -0.356 e. The molecule has 0 saturated carbocycles. The summed E-state index contributed by atoms with van der Waals surface area (Å²) in [6.07, 6.45) is 5.23. The maximum absolute atomic E-state index is 14.6. The van der Waals surface area contributed by atoms with Gasteiger partial charge in [0.15, 0.2) is 23.1 Å². The third-order valence-corrected chi connectivity index (χ3v) is 7.12. The highest BCUT2D eigenvalue weighted by Gasteiger charge is 2.34. The van der Waals surface area contributed by atoms with Gasteiger partial charge in [-0.15, -0.1) is 0 Å². The first-order valence-electron chi connectivity index (χ1n) is 11.5. The number of fused-ring (bicyclic) bond motifs is 1. The molecule has 1 aromatic carbocycles. The van der Waals surface area contributed by atoms with E-state index in [9.17, 15) is 18.0 Å². The smallest absolute Gasteiger partial charge is 0.257 e. The number of hydrogen-bond donors (Lipinski definition) is 0. The molecule has 180 valence electrons. The fourth-order valence-electron chi connectivity index (χ4n) is 4.99. The Morgan fingerprint density at radius 3 is 2.65 bits per heavy atom. The van der Waals surface area contributed by atoms with Gasteiger partial charge in [-0.3, -0.25) is 4.79 Å². The Hall–Kier alpha value is -2.81. The molecule has 2 aromatic heterocycles. The maximum Gasteiger partial charge on any atom is 0.257 e. The normalized spacial score (nSPS) is 21.0. The van der Waals surface area contributed by atoms with Crippen molar-refractivity contribution in [1.29, 1.82) is 0 Å². The number of halogens is 4. The summed E-state index contributed by atoms with van der Waals surface area (Å²) in [5, 5.41) is 3.65. The highest BCUT2D eigenvalue weighted by molar-refractivity contribution is 6.31. The standard InChI is InChI=1S/C24H25ClF3N5O/c1-13-6-8-31(11-13)23-14(2)12-33-19(29-23)10-17(30-33)18-5-3-4-7-32(18)24(34)15-9-16(26)22(28)20(25)21(15)27/h9-10,12-13,18H,3-8,11H2,1-2H3/t13-,18-/m0/s1. The monoisotopic (exact) mass is 491 g/mol. The Kier molecular flexibility index (Phi) is 5.91. The third-order valence-electron chi connectivity index (χ3n) is 6.79. The number of piperidine rings is 1. The molecule has 10 heteroatoms. The Balaban J connectivity index is 1.49. The number of rotatable bonds is 3. The molecule has 2 aliphatic rings. The van der Waals surface area contributed by atoms with Crippen molar-refractivity contribution in [3.8, 4) is 0 Å². The molecular formula is C24H25ClF3N5O. The summed E-state index contributed by atoms with van der Waals surface area (Å²) in [6, 6.07) is 1.97. The van der Waals surface area contributed by atoms with Gasteiger partial charge in [0, 0.05) is 37.5 Å². The van der Waals surface area contributed by atoms with Crippen LogP contribution in [0.5, 0.6) is 0 Å². The van der Waals surface area contributed by atoms with Crippen LogP contribution < -0.4 is 4.90 Å². The molecular weight excluding hydrogens is 467 g/mol. The minimum atomic E-state index is -1.50. The average molecular weight is 492 g/mol. The van der Waals surface area contributed by atoms with E-state index in [-0.39, 0.29) is 0 Å². The molecule has 5 rings (SSSR count). The molecule has 2 fully saturated rings. The molecule has 0 spiro atoms. The van der Waals surface area contributed by atoms with Gasteiger partial charge in [-0.2, -0.15) is 5.10 Å². The maximum atomic E-state index is 14.6. The molecule has 2 saturated heterocycles. The fraction of sp³-hybridized carbons (Fsp3) is 0.458. The number of aromatic nitrogens is 3. The number of likely N-dealkylation sites (tertiary alicyclic amines) is 1. The van der Waals surface area contributed by atoms with E-state index in [2.05, 4.69) is 16.9 Å². The van der Waals surface area contributed by atoms with Crippen LogP contribution in [0, 0.1) is 30.3 Å². The lowest BCUT2D eigenvalue weighted by molar-refractivity contribution is 0.0600. The second-order valence-corrected chi connectivity index (χ2v) is 9.70. The van der Waals surface area contributed by atoms with Crippen LogP contribution in [0.1, 0.15) is 60.3 Å². The van der Waals surface area contributed by atoms with Gasteiger partial charge in [-0.1, -0.05) is 18.5 Å². The molecule has 34 heavy (non-hydrogen) atoms. The lowest BCUT2D eigenvalue weighted by Gasteiger charge is -2.35. The fourth-order valence-corrected chi connectivity index (χ4v) is 5.19. The molecule has 0 aliphatic carbocycles. The number of anilines is 1. The highest BCUT2D eigenvalue weighted by atomic mass is 35.5. The molecule has 0 unspecified atom stereocenters. The van der Waals surface area contributed by atoms with Crippen molar-refractivity contribution < 1.29 is 18.0 Å². The van der Waals surface area contributed by atoms with Crippen molar-refractivity contribution in [2.75, 3.05) is 24.5 Å². The summed E-state index contributed by atoms with van der Waals surface area (Å²) in [7, 11) is 0. The van der Waals surface area contributed by atoms with Crippen molar-refractivity contribution in [3.63, 3.8) is 0 Å². The van der Waals surface area contributed by atoms with Crippen molar-refractivity contribution in [2.24, 2.45) is 5.92 Å². The number of aryl methyl sites for hydroxylation is 1. The van der Waals surface area contributed by atoms with Gasteiger partial charge in [0.2, 0.25) is 0 Å². The molecule has 6 nitrogen and oxygen atoms in total. The van der Waals surface area contributed by atoms with Gasteiger partial charge in [0.05, 0.1) is 17.3 Å². The van der Waals surface area contributed by atoms with Crippen LogP contribution in [0.4, 0.5) is 19.0 Å². The van der Waals surface area contributed by atoms with Crippen LogP contribution in [-0.2, 0) is 0 Å². The Bertz CT molecular complexity index is 1280. The van der Waals surface area contributed by atoms with E-state index in [4.69, 9.17) is 16.6 Å². The lowest BCUT2D eigenvalue weighted by atomic mass is 9.98. The van der Waals surface area contributed by atoms with Crippen molar-refractivity contribution in [1.82, 2.24) is 19.5 Å². The number of hydrogen-bond acceptors (Lipinski definition) is 4. The van der Waals surface area contributed by atoms with E-state index in [0.29, 0.717) is 42.7 Å². The molecule has 3 aromatic rings. The number of amides is 1. The summed E-state index contributed by atoms with van der Waals surface area (Å²) in [6.45, 7) is 6.48. The second kappa shape index (κ2) is 8.76. The molecule has 2 aliphatic heterocycles. The van der Waals surface area contributed by atoms with E-state index in [1.54, 1.807) is 4.52 Å². The van der Waals surface area contributed by atoms with Crippen LogP contribution in [0.2, 0.25) is 5.02 Å². The molecule has 0 N–H and O–H groups in total. The SMILES string of the molecule is Cc1cn2nc([C@@H]3CCCCN3C(=O)c3cc(F)c(F)c(Cl)c3F)cc2nc1N1CC[C@H](C)C1. The topological polar surface area (TPSA) is 53.7 Å². The van der Waals surface area contributed by atoms with Crippen LogP contribution >= 0.6 is 11.6 Å². The number of benzene rings is 1. The van der Waals surface area contributed by atoms with Gasteiger partial charge in [0.1, 0.15) is 10.8 Å².